The molecule has 8 nitrogen and oxygen atoms in total. The molecule has 8 heteroatoms. The van der Waals surface area contributed by atoms with Gasteiger partial charge in [0.1, 0.15) is 18.1 Å². The first kappa shape index (κ1) is 25.1. The first-order chi connectivity index (χ1) is 18.1. The summed E-state index contributed by atoms with van der Waals surface area (Å²) in [4.78, 5) is 33.1. The van der Waals surface area contributed by atoms with Crippen LogP contribution < -0.4 is 10.3 Å². The molecule has 1 amide bonds. The van der Waals surface area contributed by atoms with Crippen LogP contribution in [0.2, 0.25) is 0 Å². The highest BCUT2D eigenvalue weighted by molar-refractivity contribution is 5.92. The SMILES string of the molecule is O=C(c1ccc(=O)[nH]n1)N1CCC2(CCCCc3ccccc3OCCN(Cc3cccnc3)C2)CC1. The molecular formula is C29H35N5O3. The number of likely N-dealkylation sites (tertiary alicyclic amines) is 1. The van der Waals surface area contributed by atoms with Crippen LogP contribution in [0.5, 0.6) is 5.75 Å². The van der Waals surface area contributed by atoms with Crippen molar-refractivity contribution in [2.24, 2.45) is 5.41 Å². The van der Waals surface area contributed by atoms with E-state index < -0.39 is 0 Å². The molecule has 37 heavy (non-hydrogen) atoms. The van der Waals surface area contributed by atoms with E-state index in [0.717, 1.165) is 63.9 Å². The zero-order chi connectivity index (χ0) is 25.5. The van der Waals surface area contributed by atoms with Crippen LogP contribution in [-0.4, -0.2) is 63.7 Å². The maximum atomic E-state index is 13.0. The van der Waals surface area contributed by atoms with Crippen molar-refractivity contribution in [3.05, 3.63) is 88.1 Å². The van der Waals surface area contributed by atoms with E-state index in [1.54, 1.807) is 0 Å². The minimum Gasteiger partial charge on any atom is -0.492 e. The van der Waals surface area contributed by atoms with Crippen molar-refractivity contribution in [2.45, 2.75) is 45.1 Å². The number of piperidine rings is 1. The first-order valence-electron chi connectivity index (χ1n) is 13.3. The number of pyridine rings is 1. The van der Waals surface area contributed by atoms with Crippen molar-refractivity contribution in [2.75, 3.05) is 32.8 Å². The second kappa shape index (κ2) is 11.7. The molecule has 1 fully saturated rings. The second-order valence-electron chi connectivity index (χ2n) is 10.3. The largest absolute Gasteiger partial charge is 0.492 e. The third-order valence-corrected chi connectivity index (χ3v) is 7.74. The average Bonchev–Trinajstić information content (AvgIpc) is 2.92. The summed E-state index contributed by atoms with van der Waals surface area (Å²) < 4.78 is 6.27. The minimum atomic E-state index is -0.303. The zero-order valence-corrected chi connectivity index (χ0v) is 21.3. The molecule has 0 saturated carbocycles. The van der Waals surface area contributed by atoms with Gasteiger partial charge in [0.15, 0.2) is 0 Å². The molecule has 2 aliphatic heterocycles. The van der Waals surface area contributed by atoms with Crippen molar-refractivity contribution >= 4 is 5.91 Å². The molecule has 5 rings (SSSR count). The van der Waals surface area contributed by atoms with E-state index in [2.05, 4.69) is 44.3 Å². The van der Waals surface area contributed by atoms with E-state index in [4.69, 9.17) is 4.74 Å². The van der Waals surface area contributed by atoms with Crippen molar-refractivity contribution in [3.63, 3.8) is 0 Å². The number of carbonyl (C=O) groups excluding carboxylic acids is 1. The topological polar surface area (TPSA) is 91.4 Å². The number of nitrogens with zero attached hydrogens (tertiary/aromatic N) is 4. The molecule has 4 heterocycles. The van der Waals surface area contributed by atoms with Gasteiger partial charge in [-0.3, -0.25) is 19.5 Å². The number of amides is 1. The van der Waals surface area contributed by atoms with Crippen molar-refractivity contribution in [1.29, 1.82) is 0 Å². The Balaban J connectivity index is 1.32. The number of para-hydroxylation sites is 1. The predicted octanol–water partition coefficient (Wildman–Crippen LogP) is 3.69. The predicted molar refractivity (Wildman–Crippen MR) is 141 cm³/mol. The van der Waals surface area contributed by atoms with Gasteiger partial charge in [0.2, 0.25) is 0 Å². The van der Waals surface area contributed by atoms with E-state index in [0.29, 0.717) is 25.4 Å². The van der Waals surface area contributed by atoms with Gasteiger partial charge in [0.05, 0.1) is 0 Å². The maximum absolute atomic E-state index is 13.0. The summed E-state index contributed by atoms with van der Waals surface area (Å²) in [6.07, 6.45) is 10.1. The third kappa shape index (κ3) is 6.43. The van der Waals surface area contributed by atoms with Gasteiger partial charge in [-0.15, -0.1) is 0 Å². The normalized spacial score (nSPS) is 18.8. The number of ether oxygens (including phenoxy) is 1. The van der Waals surface area contributed by atoms with E-state index in [9.17, 15) is 9.59 Å². The van der Waals surface area contributed by atoms with Crippen molar-refractivity contribution in [3.8, 4) is 5.75 Å². The molecule has 2 aromatic heterocycles. The summed E-state index contributed by atoms with van der Waals surface area (Å²) in [5.41, 5.74) is 2.61. The Morgan fingerprint density at radius 2 is 1.86 bits per heavy atom. The Hall–Kier alpha value is -3.52. The molecular weight excluding hydrogens is 466 g/mol. The quantitative estimate of drug-likeness (QED) is 0.589. The lowest BCUT2D eigenvalue weighted by molar-refractivity contribution is 0.0356. The number of aromatic nitrogens is 3. The van der Waals surface area contributed by atoms with Crippen LogP contribution in [0, 0.1) is 5.41 Å². The zero-order valence-electron chi connectivity index (χ0n) is 21.3. The Labute approximate surface area is 217 Å². The lowest BCUT2D eigenvalue weighted by Crippen LogP contribution is -2.48. The fourth-order valence-electron chi connectivity index (χ4n) is 5.69. The van der Waals surface area contributed by atoms with Crippen LogP contribution in [0.1, 0.15) is 53.7 Å². The summed E-state index contributed by atoms with van der Waals surface area (Å²) in [6.45, 7) is 4.64. The number of aryl methyl sites for hydroxylation is 1. The summed E-state index contributed by atoms with van der Waals surface area (Å²) in [5.74, 6) is 0.887. The van der Waals surface area contributed by atoms with E-state index in [1.807, 2.05) is 29.4 Å². The highest BCUT2D eigenvalue weighted by Gasteiger charge is 2.37. The number of rotatable bonds is 3. The molecule has 1 saturated heterocycles. The van der Waals surface area contributed by atoms with Crippen LogP contribution in [0.3, 0.4) is 0 Å². The summed E-state index contributed by atoms with van der Waals surface area (Å²) >= 11 is 0. The highest BCUT2D eigenvalue weighted by atomic mass is 16.5. The summed E-state index contributed by atoms with van der Waals surface area (Å²) in [6, 6.07) is 15.4. The maximum Gasteiger partial charge on any atom is 0.274 e. The van der Waals surface area contributed by atoms with Crippen LogP contribution >= 0.6 is 0 Å². The monoisotopic (exact) mass is 501 g/mol. The van der Waals surface area contributed by atoms with E-state index >= 15 is 0 Å². The second-order valence-corrected chi connectivity index (χ2v) is 10.3. The first-order valence-corrected chi connectivity index (χ1v) is 13.3. The highest BCUT2D eigenvalue weighted by Crippen LogP contribution is 2.39. The van der Waals surface area contributed by atoms with Gasteiger partial charge in [-0.1, -0.05) is 30.7 Å². The third-order valence-electron chi connectivity index (χ3n) is 7.74. The average molecular weight is 502 g/mol. The molecule has 0 bridgehead atoms. The van der Waals surface area contributed by atoms with Gasteiger partial charge in [-0.25, -0.2) is 5.10 Å². The van der Waals surface area contributed by atoms with Crippen LogP contribution in [0.15, 0.2) is 65.7 Å². The number of hydrogen-bond acceptors (Lipinski definition) is 6. The number of carbonyl (C=O) groups is 1. The van der Waals surface area contributed by atoms with Crippen molar-refractivity contribution in [1.82, 2.24) is 25.0 Å². The molecule has 0 aliphatic carbocycles. The molecule has 0 unspecified atom stereocenters. The lowest BCUT2D eigenvalue weighted by Gasteiger charge is -2.45. The van der Waals surface area contributed by atoms with Gasteiger partial charge in [0, 0.05) is 51.2 Å². The fourth-order valence-corrected chi connectivity index (χ4v) is 5.69. The molecule has 3 aromatic rings. The van der Waals surface area contributed by atoms with Crippen molar-refractivity contribution < 1.29 is 9.53 Å². The van der Waals surface area contributed by atoms with Gasteiger partial charge < -0.3 is 9.64 Å². The van der Waals surface area contributed by atoms with Crippen LogP contribution in [0.25, 0.3) is 0 Å². The minimum absolute atomic E-state index is 0.114. The van der Waals surface area contributed by atoms with Gasteiger partial charge in [0.25, 0.3) is 11.5 Å². The summed E-state index contributed by atoms with van der Waals surface area (Å²) in [5, 5.41) is 6.32. The number of nitrogens with one attached hydrogen (secondary N) is 1. The molecule has 1 N–H and O–H groups in total. The van der Waals surface area contributed by atoms with Gasteiger partial charge >= 0.3 is 0 Å². The molecule has 2 aliphatic rings. The number of aromatic amines is 1. The molecule has 194 valence electrons. The Morgan fingerprint density at radius 1 is 1.00 bits per heavy atom. The fraction of sp³-hybridized carbons (Fsp3) is 0.448. The molecule has 0 radical (unpaired) electrons. The van der Waals surface area contributed by atoms with Gasteiger partial charge in [-0.05, 0) is 66.8 Å². The van der Waals surface area contributed by atoms with Gasteiger partial charge in [-0.2, -0.15) is 5.10 Å². The molecule has 0 atom stereocenters. The van der Waals surface area contributed by atoms with Crippen LogP contribution in [-0.2, 0) is 13.0 Å². The smallest absolute Gasteiger partial charge is 0.274 e. The number of H-pyrrole nitrogens is 1. The Morgan fingerprint density at radius 3 is 2.65 bits per heavy atom. The number of fused-ring (bicyclic) bond motifs is 1. The number of hydrogen-bond donors (Lipinski definition) is 1. The van der Waals surface area contributed by atoms with Crippen LogP contribution in [0.4, 0.5) is 0 Å². The number of benzene rings is 1. The van der Waals surface area contributed by atoms with E-state index in [1.165, 1.54) is 23.3 Å². The Bertz CT molecular complexity index is 1220. The van der Waals surface area contributed by atoms with E-state index in [-0.39, 0.29) is 16.9 Å². The standard InChI is InChI=1S/C29H35N5O3/c35-27-11-10-25(31-32-27)28(36)34-16-13-29(14-17-34)12-4-3-8-24-7-1-2-9-26(24)37-19-18-33(22-29)21-23-6-5-15-30-20-23/h1-2,5-7,9-11,15,20H,3-4,8,12-14,16-19,21-22H2,(H,32,35). The molecule has 1 spiro atoms. The molecule has 1 aromatic carbocycles. The summed E-state index contributed by atoms with van der Waals surface area (Å²) in [7, 11) is 0. The Kier molecular flexibility index (Phi) is 7.94. The lowest BCUT2D eigenvalue weighted by atomic mass is 9.73.